The topological polar surface area (TPSA) is 75.3 Å². The largest absolute Gasteiger partial charge is 0.348 e. The van der Waals surface area contributed by atoms with Gasteiger partial charge in [-0.1, -0.05) is 44.2 Å². The van der Waals surface area contributed by atoms with Gasteiger partial charge in [0.1, 0.15) is 0 Å². The number of carbonyl (C=O) groups is 3. The number of hydrogen-bond acceptors (Lipinski definition) is 4. The van der Waals surface area contributed by atoms with E-state index in [1.807, 2.05) is 32.0 Å². The molecule has 0 aliphatic heterocycles. The molecule has 0 bridgehead atoms. The fourth-order valence-corrected chi connectivity index (χ4v) is 2.86. The van der Waals surface area contributed by atoms with Crippen molar-refractivity contribution in [1.82, 2.24) is 10.6 Å². The smallest absolute Gasteiger partial charge is 0.309 e. The number of ketones is 1. The van der Waals surface area contributed by atoms with Crippen molar-refractivity contribution in [2.24, 2.45) is 5.92 Å². The molecule has 0 saturated heterocycles. The fraction of sp³-hybridized carbons (Fsp3) is 0.278. The van der Waals surface area contributed by atoms with Crippen LogP contribution in [0.2, 0.25) is 0 Å². The van der Waals surface area contributed by atoms with Crippen LogP contribution in [0.15, 0.2) is 42.5 Å². The lowest BCUT2D eigenvalue weighted by molar-refractivity contribution is -0.139. The minimum atomic E-state index is -0.667. The van der Waals surface area contributed by atoms with Gasteiger partial charge in [-0.25, -0.2) is 0 Å². The van der Waals surface area contributed by atoms with Gasteiger partial charge in [-0.15, -0.1) is 11.3 Å². The molecule has 126 valence electrons. The van der Waals surface area contributed by atoms with Crippen LogP contribution in [0.1, 0.15) is 34.0 Å². The summed E-state index contributed by atoms with van der Waals surface area (Å²) in [5.74, 6) is -1.07. The molecule has 1 aromatic carbocycles. The Morgan fingerprint density at radius 2 is 1.62 bits per heavy atom. The summed E-state index contributed by atoms with van der Waals surface area (Å²) in [6, 6.07) is 12.5. The molecule has 0 fully saturated rings. The van der Waals surface area contributed by atoms with Crippen molar-refractivity contribution in [3.63, 3.8) is 0 Å². The van der Waals surface area contributed by atoms with Crippen LogP contribution in [0.5, 0.6) is 0 Å². The molecule has 5 nitrogen and oxygen atoms in total. The van der Waals surface area contributed by atoms with Crippen molar-refractivity contribution in [3.05, 3.63) is 57.8 Å². The average molecular weight is 344 g/mol. The molecule has 24 heavy (non-hydrogen) atoms. The second kappa shape index (κ2) is 8.40. The Balaban J connectivity index is 1.89. The molecule has 1 aromatic heterocycles. The summed E-state index contributed by atoms with van der Waals surface area (Å²) >= 11 is 1.31. The molecule has 0 spiro atoms. The van der Waals surface area contributed by atoms with E-state index < -0.39 is 11.8 Å². The maximum atomic E-state index is 12.3. The second-order valence-corrected chi connectivity index (χ2v) is 6.92. The summed E-state index contributed by atoms with van der Waals surface area (Å²) in [4.78, 5) is 37.0. The number of hydrogen-bond donors (Lipinski definition) is 2. The van der Waals surface area contributed by atoms with E-state index in [-0.39, 0.29) is 18.2 Å². The van der Waals surface area contributed by atoms with Gasteiger partial charge in [0.25, 0.3) is 0 Å². The molecule has 2 aromatic rings. The Bertz CT molecular complexity index is 723. The normalized spacial score (nSPS) is 10.5. The van der Waals surface area contributed by atoms with Crippen LogP contribution in [0.4, 0.5) is 0 Å². The lowest BCUT2D eigenvalue weighted by Crippen LogP contribution is -2.40. The molecule has 6 heteroatoms. The highest BCUT2D eigenvalue weighted by atomic mass is 32.1. The van der Waals surface area contributed by atoms with E-state index in [1.165, 1.54) is 11.3 Å². The average Bonchev–Trinajstić information content (AvgIpc) is 3.06. The fourth-order valence-electron chi connectivity index (χ4n) is 1.95. The first-order chi connectivity index (χ1) is 11.5. The Morgan fingerprint density at radius 3 is 2.29 bits per heavy atom. The van der Waals surface area contributed by atoms with Crippen molar-refractivity contribution in [1.29, 1.82) is 0 Å². The predicted molar refractivity (Wildman–Crippen MR) is 93.9 cm³/mol. The minimum Gasteiger partial charge on any atom is -0.348 e. The number of benzene rings is 1. The molecule has 2 amide bonds. The van der Waals surface area contributed by atoms with Gasteiger partial charge in [0.05, 0.1) is 11.4 Å². The molecular formula is C18H20N2O3S. The van der Waals surface area contributed by atoms with E-state index in [0.29, 0.717) is 17.0 Å². The summed E-state index contributed by atoms with van der Waals surface area (Å²) < 4.78 is 0. The Hall–Kier alpha value is -2.47. The molecule has 0 aliphatic carbocycles. The summed E-state index contributed by atoms with van der Waals surface area (Å²) in [6.45, 7) is 4.59. The zero-order chi connectivity index (χ0) is 17.5. The number of rotatable bonds is 6. The van der Waals surface area contributed by atoms with Gasteiger partial charge in [0.15, 0.2) is 0 Å². The molecule has 2 N–H and O–H groups in total. The van der Waals surface area contributed by atoms with Gasteiger partial charge in [0, 0.05) is 17.0 Å². The first-order valence-corrected chi connectivity index (χ1v) is 8.53. The maximum Gasteiger partial charge on any atom is 0.309 e. The monoisotopic (exact) mass is 344 g/mol. The van der Waals surface area contributed by atoms with Crippen molar-refractivity contribution in [2.45, 2.75) is 20.4 Å². The van der Waals surface area contributed by atoms with E-state index in [2.05, 4.69) is 10.6 Å². The van der Waals surface area contributed by atoms with Gasteiger partial charge in [0.2, 0.25) is 5.78 Å². The summed E-state index contributed by atoms with van der Waals surface area (Å²) in [7, 11) is 0. The highest BCUT2D eigenvalue weighted by molar-refractivity contribution is 7.14. The second-order valence-electron chi connectivity index (χ2n) is 5.75. The van der Waals surface area contributed by atoms with Crippen LogP contribution in [0, 0.1) is 5.92 Å². The van der Waals surface area contributed by atoms with E-state index >= 15 is 0 Å². The van der Waals surface area contributed by atoms with Crippen LogP contribution in [0.25, 0.3) is 0 Å². The van der Waals surface area contributed by atoms with E-state index in [0.717, 1.165) is 4.88 Å². The lowest BCUT2D eigenvalue weighted by Gasteiger charge is -2.07. The molecule has 2 rings (SSSR count). The Labute approximate surface area is 145 Å². The predicted octanol–water partition coefficient (Wildman–Crippen LogP) is 2.37. The van der Waals surface area contributed by atoms with Crippen molar-refractivity contribution >= 4 is 28.9 Å². The highest BCUT2D eigenvalue weighted by Gasteiger charge is 2.15. The number of amides is 2. The third-order valence-electron chi connectivity index (χ3n) is 3.22. The van der Waals surface area contributed by atoms with Crippen LogP contribution >= 0.6 is 11.3 Å². The van der Waals surface area contributed by atoms with Gasteiger partial charge < -0.3 is 10.6 Å². The summed E-state index contributed by atoms with van der Waals surface area (Å²) in [6.07, 6.45) is 0. The maximum absolute atomic E-state index is 12.3. The molecular weight excluding hydrogens is 324 g/mol. The van der Waals surface area contributed by atoms with Crippen molar-refractivity contribution in [3.8, 4) is 0 Å². The standard InChI is InChI=1S/C18H20N2O3S/c1-12(2)10-19-17(22)18(23)20-11-14-8-9-15(24-14)16(21)13-6-4-3-5-7-13/h3-9,12H,10-11H2,1-2H3,(H,19,22)(H,20,23). The highest BCUT2D eigenvalue weighted by Crippen LogP contribution is 2.20. The van der Waals surface area contributed by atoms with Gasteiger partial charge in [-0.05, 0) is 18.1 Å². The van der Waals surface area contributed by atoms with Gasteiger partial charge in [-0.3, -0.25) is 14.4 Å². The van der Waals surface area contributed by atoms with Crippen molar-refractivity contribution in [2.75, 3.05) is 6.54 Å². The van der Waals surface area contributed by atoms with E-state index in [1.54, 1.807) is 24.3 Å². The molecule has 0 radical (unpaired) electrons. The first-order valence-electron chi connectivity index (χ1n) is 7.72. The Morgan fingerprint density at radius 1 is 0.958 bits per heavy atom. The van der Waals surface area contributed by atoms with E-state index in [4.69, 9.17) is 0 Å². The number of nitrogens with one attached hydrogen (secondary N) is 2. The SMILES string of the molecule is CC(C)CNC(=O)C(=O)NCc1ccc(C(=O)c2ccccc2)s1. The van der Waals surface area contributed by atoms with Gasteiger partial charge in [-0.2, -0.15) is 0 Å². The number of thiophene rings is 1. The van der Waals surface area contributed by atoms with Crippen molar-refractivity contribution < 1.29 is 14.4 Å². The Kier molecular flexibility index (Phi) is 6.26. The third-order valence-corrected chi connectivity index (χ3v) is 4.31. The summed E-state index contributed by atoms with van der Waals surface area (Å²) in [5.41, 5.74) is 0.628. The molecule has 0 saturated carbocycles. The minimum absolute atomic E-state index is 0.0483. The van der Waals surface area contributed by atoms with Crippen LogP contribution in [0.3, 0.4) is 0 Å². The zero-order valence-corrected chi connectivity index (χ0v) is 14.5. The zero-order valence-electron chi connectivity index (χ0n) is 13.7. The number of carbonyl (C=O) groups excluding carboxylic acids is 3. The quantitative estimate of drug-likeness (QED) is 0.624. The molecule has 0 aliphatic rings. The first kappa shape index (κ1) is 17.9. The molecule has 1 heterocycles. The molecule has 0 unspecified atom stereocenters. The molecule has 0 atom stereocenters. The van der Waals surface area contributed by atoms with Crippen LogP contribution in [-0.4, -0.2) is 24.1 Å². The van der Waals surface area contributed by atoms with Crippen LogP contribution in [-0.2, 0) is 16.1 Å². The van der Waals surface area contributed by atoms with Gasteiger partial charge >= 0.3 is 11.8 Å². The van der Waals surface area contributed by atoms with E-state index in [9.17, 15) is 14.4 Å². The lowest BCUT2D eigenvalue weighted by atomic mass is 10.1. The third kappa shape index (κ3) is 5.03. The van der Waals surface area contributed by atoms with Crippen LogP contribution < -0.4 is 10.6 Å². The summed E-state index contributed by atoms with van der Waals surface area (Å²) in [5, 5.41) is 5.12.